The molecule has 0 aliphatic heterocycles. The Labute approximate surface area is 108 Å². The molecule has 9 heteroatoms. The third-order valence-corrected chi connectivity index (χ3v) is 2.86. The molecule has 1 N–H and O–H groups in total. The smallest absolute Gasteiger partial charge is 0.322 e. The van der Waals surface area contributed by atoms with Crippen molar-refractivity contribution in [3.63, 3.8) is 0 Å². The minimum absolute atomic E-state index is 0.293. The molecule has 0 atom stereocenters. The molecule has 0 bridgehead atoms. The number of ether oxygens (including phenoxy) is 1. The van der Waals surface area contributed by atoms with E-state index in [4.69, 9.17) is 4.74 Å². The second-order valence-corrected chi connectivity index (χ2v) is 4.17. The predicted molar refractivity (Wildman–Crippen MR) is 65.7 cm³/mol. The first-order valence-corrected chi connectivity index (χ1v) is 6.13. The van der Waals surface area contributed by atoms with Crippen LogP contribution in [0.3, 0.4) is 0 Å². The largest absolute Gasteiger partial charge is 0.464 e. The molecule has 0 saturated carbocycles. The summed E-state index contributed by atoms with van der Waals surface area (Å²) in [6.45, 7) is 2.37. The highest BCUT2D eigenvalue weighted by Gasteiger charge is 2.10. The number of aromatic nitrogens is 6. The van der Waals surface area contributed by atoms with Gasteiger partial charge in [-0.15, -0.1) is 10.2 Å². The normalized spacial score (nSPS) is 10.4. The third-order valence-electron chi connectivity index (χ3n) is 1.94. The van der Waals surface area contributed by atoms with Crippen molar-refractivity contribution in [3.05, 3.63) is 6.33 Å². The van der Waals surface area contributed by atoms with Crippen molar-refractivity contribution in [3.8, 4) is 6.01 Å². The summed E-state index contributed by atoms with van der Waals surface area (Å²) in [4.78, 5) is 12.5. The Balaban J connectivity index is 2.26. The average molecular weight is 267 g/mol. The molecule has 0 radical (unpaired) electrons. The molecular weight excluding hydrogens is 254 g/mol. The zero-order valence-corrected chi connectivity index (χ0v) is 11.1. The number of hydrogen-bond donors (Lipinski definition) is 1. The van der Waals surface area contributed by atoms with E-state index in [2.05, 4.69) is 30.5 Å². The van der Waals surface area contributed by atoms with Crippen molar-refractivity contribution >= 4 is 17.7 Å². The third kappa shape index (κ3) is 2.86. The average Bonchev–Trinajstić information content (AvgIpc) is 2.75. The second kappa shape index (κ2) is 5.63. The van der Waals surface area contributed by atoms with Gasteiger partial charge in [0.05, 0.1) is 6.61 Å². The summed E-state index contributed by atoms with van der Waals surface area (Å²) >= 11 is 1.30. The minimum atomic E-state index is 0.293. The summed E-state index contributed by atoms with van der Waals surface area (Å²) in [6.07, 6.45) is 1.62. The fraction of sp³-hybridized carbons (Fsp3) is 0.444. The van der Waals surface area contributed by atoms with Gasteiger partial charge in [-0.1, -0.05) is 0 Å². The van der Waals surface area contributed by atoms with Crippen LogP contribution >= 0.6 is 11.8 Å². The first-order chi connectivity index (χ1) is 8.72. The Bertz CT molecular complexity index is 529. The molecule has 96 valence electrons. The van der Waals surface area contributed by atoms with Crippen LogP contribution in [-0.4, -0.2) is 43.4 Å². The van der Waals surface area contributed by atoms with Crippen molar-refractivity contribution < 1.29 is 4.74 Å². The molecule has 2 heterocycles. The standard InChI is InChI=1S/C9H13N7OS/c1-4-17-7-12-6(10-2)13-8(14-7)18-9-15-11-5-16(9)3/h5H,4H2,1-3H3,(H,10,12,13,14). The van der Waals surface area contributed by atoms with Crippen LogP contribution in [0.25, 0.3) is 0 Å². The number of rotatable bonds is 5. The molecular formula is C9H13N7OS. The Morgan fingerprint density at radius 1 is 1.39 bits per heavy atom. The quantitative estimate of drug-likeness (QED) is 0.841. The molecule has 0 fully saturated rings. The lowest BCUT2D eigenvalue weighted by atomic mass is 10.8. The van der Waals surface area contributed by atoms with Gasteiger partial charge in [-0.3, -0.25) is 0 Å². The molecule has 0 unspecified atom stereocenters. The van der Waals surface area contributed by atoms with Crippen LogP contribution in [0.4, 0.5) is 5.95 Å². The van der Waals surface area contributed by atoms with Crippen LogP contribution in [0, 0.1) is 0 Å². The number of aryl methyl sites for hydroxylation is 1. The summed E-state index contributed by atoms with van der Waals surface area (Å²) in [5, 5.41) is 11.8. The summed E-state index contributed by atoms with van der Waals surface area (Å²) in [7, 11) is 3.59. The molecule has 0 saturated heterocycles. The molecule has 2 aromatic rings. The SMILES string of the molecule is CCOc1nc(NC)nc(Sc2nncn2C)n1. The van der Waals surface area contributed by atoms with Crippen molar-refractivity contribution in [1.82, 2.24) is 29.7 Å². The Kier molecular flexibility index (Phi) is 3.92. The van der Waals surface area contributed by atoms with Gasteiger partial charge in [-0.05, 0) is 18.7 Å². The molecule has 18 heavy (non-hydrogen) atoms. The van der Waals surface area contributed by atoms with E-state index in [9.17, 15) is 0 Å². The lowest BCUT2D eigenvalue weighted by Crippen LogP contribution is -2.05. The van der Waals surface area contributed by atoms with Gasteiger partial charge in [0.25, 0.3) is 0 Å². The van der Waals surface area contributed by atoms with E-state index in [0.29, 0.717) is 28.9 Å². The van der Waals surface area contributed by atoms with E-state index >= 15 is 0 Å². The van der Waals surface area contributed by atoms with E-state index < -0.39 is 0 Å². The van der Waals surface area contributed by atoms with E-state index in [1.165, 1.54) is 11.8 Å². The van der Waals surface area contributed by atoms with Gasteiger partial charge in [0, 0.05) is 14.1 Å². The molecule has 0 aliphatic carbocycles. The number of anilines is 1. The number of nitrogens with zero attached hydrogens (tertiary/aromatic N) is 6. The van der Waals surface area contributed by atoms with E-state index in [0.717, 1.165) is 0 Å². The maximum atomic E-state index is 5.28. The van der Waals surface area contributed by atoms with Crippen LogP contribution in [-0.2, 0) is 7.05 Å². The summed E-state index contributed by atoms with van der Waals surface area (Å²) in [5.41, 5.74) is 0. The van der Waals surface area contributed by atoms with Crippen LogP contribution in [0.2, 0.25) is 0 Å². The number of nitrogens with one attached hydrogen (secondary N) is 1. The first kappa shape index (κ1) is 12.6. The van der Waals surface area contributed by atoms with Gasteiger partial charge in [0.2, 0.25) is 11.1 Å². The van der Waals surface area contributed by atoms with Crippen LogP contribution in [0.1, 0.15) is 6.92 Å². The molecule has 2 rings (SSSR count). The van der Waals surface area contributed by atoms with E-state index in [1.807, 2.05) is 14.0 Å². The van der Waals surface area contributed by atoms with Crippen LogP contribution < -0.4 is 10.1 Å². The van der Waals surface area contributed by atoms with Crippen molar-refractivity contribution in [2.24, 2.45) is 7.05 Å². The summed E-state index contributed by atoms with van der Waals surface area (Å²) in [5.74, 6) is 0.457. The molecule has 0 aliphatic rings. The maximum absolute atomic E-state index is 5.28. The van der Waals surface area contributed by atoms with E-state index in [-0.39, 0.29) is 0 Å². The van der Waals surface area contributed by atoms with Crippen molar-refractivity contribution in [1.29, 1.82) is 0 Å². The fourth-order valence-electron chi connectivity index (χ4n) is 1.14. The molecule has 0 amide bonds. The lowest BCUT2D eigenvalue weighted by molar-refractivity contribution is 0.308. The van der Waals surface area contributed by atoms with Gasteiger partial charge >= 0.3 is 6.01 Å². The molecule has 0 aromatic carbocycles. The highest BCUT2D eigenvalue weighted by atomic mass is 32.2. The van der Waals surface area contributed by atoms with Gasteiger partial charge in [0.1, 0.15) is 6.33 Å². The van der Waals surface area contributed by atoms with Crippen LogP contribution in [0.5, 0.6) is 6.01 Å². The Morgan fingerprint density at radius 3 is 2.83 bits per heavy atom. The zero-order valence-electron chi connectivity index (χ0n) is 10.3. The number of hydrogen-bond acceptors (Lipinski definition) is 8. The maximum Gasteiger partial charge on any atom is 0.322 e. The predicted octanol–water partition coefficient (Wildman–Crippen LogP) is 0.592. The van der Waals surface area contributed by atoms with Crippen molar-refractivity contribution in [2.75, 3.05) is 19.0 Å². The topological polar surface area (TPSA) is 90.6 Å². The summed E-state index contributed by atoms with van der Waals surface area (Å²) in [6, 6.07) is 0.293. The molecule has 0 spiro atoms. The van der Waals surface area contributed by atoms with Gasteiger partial charge in [-0.2, -0.15) is 15.0 Å². The first-order valence-electron chi connectivity index (χ1n) is 5.31. The lowest BCUT2D eigenvalue weighted by Gasteiger charge is -2.05. The van der Waals surface area contributed by atoms with E-state index in [1.54, 1.807) is 17.9 Å². The second-order valence-electron chi connectivity index (χ2n) is 3.23. The van der Waals surface area contributed by atoms with Gasteiger partial charge in [-0.25, -0.2) is 0 Å². The Morgan fingerprint density at radius 2 is 2.22 bits per heavy atom. The van der Waals surface area contributed by atoms with Crippen molar-refractivity contribution in [2.45, 2.75) is 17.2 Å². The molecule has 2 aromatic heterocycles. The highest BCUT2D eigenvalue weighted by molar-refractivity contribution is 7.99. The molecule has 8 nitrogen and oxygen atoms in total. The fourth-order valence-corrected chi connectivity index (χ4v) is 1.83. The monoisotopic (exact) mass is 267 g/mol. The Hall–Kier alpha value is -1.90. The zero-order chi connectivity index (χ0) is 13.0. The minimum Gasteiger partial charge on any atom is -0.464 e. The van der Waals surface area contributed by atoms with Gasteiger partial charge < -0.3 is 14.6 Å². The van der Waals surface area contributed by atoms with Gasteiger partial charge in [0.15, 0.2) is 5.16 Å². The van der Waals surface area contributed by atoms with Crippen LogP contribution in [0.15, 0.2) is 16.6 Å². The summed E-state index contributed by atoms with van der Waals surface area (Å²) < 4.78 is 7.07. The highest BCUT2D eigenvalue weighted by Crippen LogP contribution is 2.23.